The van der Waals surface area contributed by atoms with Gasteiger partial charge in [-0.3, -0.25) is 9.59 Å². The maximum absolute atomic E-state index is 12.2. The number of amides is 2. The van der Waals surface area contributed by atoms with Gasteiger partial charge in [0, 0.05) is 13.2 Å². The van der Waals surface area contributed by atoms with E-state index in [0.717, 1.165) is 0 Å². The number of benzene rings is 1. The number of nitrogens with one attached hydrogen (secondary N) is 1. The molecule has 4 N–H and O–H groups in total. The number of aryl methyl sites for hydroxylation is 1. The number of nitrogens with zero attached hydrogens (tertiary/aromatic N) is 1. The van der Waals surface area contributed by atoms with Gasteiger partial charge in [0.25, 0.3) is 5.91 Å². The number of carbonyl (C=O) groups is 2. The fourth-order valence-electron chi connectivity index (χ4n) is 2.17. The Morgan fingerprint density at radius 1 is 1.32 bits per heavy atom. The molecular formula is C16H19N3O3. The van der Waals surface area contributed by atoms with Gasteiger partial charge in [0.2, 0.25) is 5.91 Å². The van der Waals surface area contributed by atoms with Crippen molar-refractivity contribution >= 4 is 11.8 Å². The maximum Gasteiger partial charge on any atom is 0.268 e. The Hall–Kier alpha value is -2.60. The fraction of sp³-hybridized carbons (Fsp3) is 0.250. The van der Waals surface area contributed by atoms with Crippen LogP contribution in [0.5, 0.6) is 0 Å². The Bertz CT molecular complexity index is 690. The van der Waals surface area contributed by atoms with Gasteiger partial charge in [0.15, 0.2) is 0 Å². The second-order valence-electron chi connectivity index (χ2n) is 5.41. The van der Waals surface area contributed by atoms with Crippen molar-refractivity contribution < 1.29 is 14.7 Å². The lowest BCUT2D eigenvalue weighted by molar-refractivity contribution is 0.0524. The lowest BCUT2D eigenvalue weighted by Gasteiger charge is -2.24. The first-order chi connectivity index (χ1) is 10.3. The normalized spacial score (nSPS) is 13.4. The van der Waals surface area contributed by atoms with Gasteiger partial charge in [-0.2, -0.15) is 0 Å². The first-order valence-electron chi connectivity index (χ1n) is 6.83. The van der Waals surface area contributed by atoms with Gasteiger partial charge in [-0.1, -0.05) is 30.3 Å². The van der Waals surface area contributed by atoms with Crippen LogP contribution in [0.25, 0.3) is 0 Å². The zero-order valence-electron chi connectivity index (χ0n) is 12.5. The van der Waals surface area contributed by atoms with Crippen molar-refractivity contribution in [2.75, 3.05) is 6.54 Å². The van der Waals surface area contributed by atoms with Crippen LogP contribution in [-0.4, -0.2) is 28.0 Å². The van der Waals surface area contributed by atoms with Gasteiger partial charge < -0.3 is 20.7 Å². The molecule has 6 nitrogen and oxygen atoms in total. The van der Waals surface area contributed by atoms with Crippen molar-refractivity contribution in [1.82, 2.24) is 9.88 Å². The molecular weight excluding hydrogens is 282 g/mol. The summed E-state index contributed by atoms with van der Waals surface area (Å²) in [6.45, 7) is 1.68. The topological polar surface area (TPSA) is 97.4 Å². The molecule has 0 aliphatic carbocycles. The zero-order chi connectivity index (χ0) is 16.3. The highest BCUT2D eigenvalue weighted by Crippen LogP contribution is 2.19. The minimum atomic E-state index is -1.19. The number of rotatable bonds is 5. The first kappa shape index (κ1) is 15.8. The van der Waals surface area contributed by atoms with E-state index < -0.39 is 11.5 Å². The quantitative estimate of drug-likeness (QED) is 0.760. The molecule has 1 heterocycles. The first-order valence-corrected chi connectivity index (χ1v) is 6.83. The number of primary amides is 1. The summed E-state index contributed by atoms with van der Waals surface area (Å²) in [7, 11) is 1.65. The standard InChI is InChI=1S/C16H19N3O3/c1-16(22,12-6-4-3-5-7-12)10-18-15(21)13-8-11(14(17)20)9-19(13)2/h3-9,22H,10H2,1-2H3,(H2,17,20)(H,18,21). The monoisotopic (exact) mass is 301 g/mol. The second kappa shape index (κ2) is 6.03. The van der Waals surface area contributed by atoms with Crippen LogP contribution in [0.4, 0.5) is 0 Å². The van der Waals surface area contributed by atoms with Gasteiger partial charge in [-0.15, -0.1) is 0 Å². The summed E-state index contributed by atoms with van der Waals surface area (Å²) in [5.74, 6) is -0.975. The second-order valence-corrected chi connectivity index (χ2v) is 5.41. The van der Waals surface area contributed by atoms with Crippen LogP contribution in [0.2, 0.25) is 0 Å². The Kier molecular flexibility index (Phi) is 4.32. The van der Waals surface area contributed by atoms with Crippen molar-refractivity contribution in [3.63, 3.8) is 0 Å². The number of carbonyl (C=O) groups excluding carboxylic acids is 2. The van der Waals surface area contributed by atoms with Crippen LogP contribution in [0.15, 0.2) is 42.6 Å². The number of hydrogen-bond acceptors (Lipinski definition) is 3. The Balaban J connectivity index is 2.08. The summed E-state index contributed by atoms with van der Waals surface area (Å²) in [4.78, 5) is 23.3. The number of hydrogen-bond donors (Lipinski definition) is 3. The van der Waals surface area contributed by atoms with E-state index >= 15 is 0 Å². The molecule has 0 spiro atoms. The van der Waals surface area contributed by atoms with Crippen LogP contribution in [0, 0.1) is 0 Å². The van der Waals surface area contributed by atoms with Crippen molar-refractivity contribution in [3.05, 3.63) is 59.4 Å². The molecule has 2 aromatic rings. The van der Waals surface area contributed by atoms with Gasteiger partial charge in [0.1, 0.15) is 11.3 Å². The highest BCUT2D eigenvalue weighted by Gasteiger charge is 2.24. The summed E-state index contributed by atoms with van der Waals surface area (Å²) in [6, 6.07) is 10.5. The van der Waals surface area contributed by atoms with Crippen LogP contribution in [0.3, 0.4) is 0 Å². The van der Waals surface area contributed by atoms with E-state index in [-0.39, 0.29) is 18.0 Å². The molecule has 6 heteroatoms. The number of nitrogens with two attached hydrogens (primary N) is 1. The third-order valence-corrected chi connectivity index (χ3v) is 3.51. The molecule has 1 unspecified atom stereocenters. The third-order valence-electron chi connectivity index (χ3n) is 3.51. The average molecular weight is 301 g/mol. The van der Waals surface area contributed by atoms with E-state index in [4.69, 9.17) is 5.73 Å². The highest BCUT2D eigenvalue weighted by molar-refractivity contribution is 5.98. The molecule has 116 valence electrons. The van der Waals surface area contributed by atoms with E-state index in [2.05, 4.69) is 5.32 Å². The highest BCUT2D eigenvalue weighted by atomic mass is 16.3. The van der Waals surface area contributed by atoms with Crippen molar-refractivity contribution in [1.29, 1.82) is 0 Å². The molecule has 0 aliphatic rings. The van der Waals surface area contributed by atoms with Crippen LogP contribution in [-0.2, 0) is 12.6 Å². The predicted octanol–water partition coefficient (Wildman–Crippen LogP) is 0.762. The average Bonchev–Trinajstić information content (AvgIpc) is 2.88. The van der Waals surface area contributed by atoms with E-state index in [1.165, 1.54) is 16.8 Å². The zero-order valence-corrected chi connectivity index (χ0v) is 12.5. The minimum absolute atomic E-state index is 0.0485. The smallest absolute Gasteiger partial charge is 0.268 e. The van der Waals surface area contributed by atoms with E-state index in [9.17, 15) is 14.7 Å². The van der Waals surface area contributed by atoms with Crippen molar-refractivity contribution in [3.8, 4) is 0 Å². The molecule has 22 heavy (non-hydrogen) atoms. The molecule has 0 radical (unpaired) electrons. The van der Waals surface area contributed by atoms with Crippen LogP contribution in [0.1, 0.15) is 33.3 Å². The van der Waals surface area contributed by atoms with Gasteiger partial charge >= 0.3 is 0 Å². The summed E-state index contributed by atoms with van der Waals surface area (Å²) < 4.78 is 1.52. The van der Waals surface area contributed by atoms with Crippen LogP contribution < -0.4 is 11.1 Å². The number of aliphatic hydroxyl groups is 1. The summed E-state index contributed by atoms with van der Waals surface area (Å²) >= 11 is 0. The molecule has 0 aliphatic heterocycles. The van der Waals surface area contributed by atoms with E-state index in [0.29, 0.717) is 11.3 Å². The molecule has 0 saturated heterocycles. The lowest BCUT2D eigenvalue weighted by Crippen LogP contribution is -2.39. The SMILES string of the molecule is Cn1cc(C(N)=O)cc1C(=O)NCC(C)(O)c1ccccc1. The minimum Gasteiger partial charge on any atom is -0.384 e. The van der Waals surface area contributed by atoms with Crippen molar-refractivity contribution in [2.24, 2.45) is 12.8 Å². The van der Waals surface area contributed by atoms with Gasteiger partial charge in [0.05, 0.1) is 12.1 Å². The summed E-state index contributed by atoms with van der Waals surface area (Å²) in [5, 5.41) is 13.1. The predicted molar refractivity (Wildman–Crippen MR) is 82.3 cm³/mol. The molecule has 0 bridgehead atoms. The van der Waals surface area contributed by atoms with E-state index in [1.807, 2.05) is 18.2 Å². The Morgan fingerprint density at radius 3 is 2.50 bits per heavy atom. The molecule has 1 aromatic heterocycles. The van der Waals surface area contributed by atoms with E-state index in [1.54, 1.807) is 26.1 Å². The van der Waals surface area contributed by atoms with Crippen molar-refractivity contribution in [2.45, 2.75) is 12.5 Å². The largest absolute Gasteiger partial charge is 0.384 e. The summed E-state index contributed by atoms with van der Waals surface area (Å²) in [5.41, 5.74) is 5.28. The summed E-state index contributed by atoms with van der Waals surface area (Å²) in [6.07, 6.45) is 1.49. The number of aromatic nitrogens is 1. The van der Waals surface area contributed by atoms with Gasteiger partial charge in [-0.05, 0) is 18.6 Å². The molecule has 0 saturated carbocycles. The Morgan fingerprint density at radius 2 is 1.95 bits per heavy atom. The van der Waals surface area contributed by atoms with Crippen LogP contribution >= 0.6 is 0 Å². The van der Waals surface area contributed by atoms with Gasteiger partial charge in [-0.25, -0.2) is 0 Å². The lowest BCUT2D eigenvalue weighted by atomic mass is 9.96. The Labute approximate surface area is 128 Å². The fourth-order valence-corrected chi connectivity index (χ4v) is 2.17. The molecule has 2 amide bonds. The third kappa shape index (κ3) is 3.35. The molecule has 0 fully saturated rings. The molecule has 1 aromatic carbocycles. The maximum atomic E-state index is 12.2. The molecule has 1 atom stereocenters. The molecule has 2 rings (SSSR count).